The summed E-state index contributed by atoms with van der Waals surface area (Å²) in [5.41, 5.74) is 4.29. The number of fused-ring (bicyclic) bond motifs is 2. The SMILES string of the molecule is Cc1ccc(C)c2c1C(=O)C(=Cc1nc3oc(-c4ccccc4)cc3o1)C2=O. The van der Waals surface area contributed by atoms with Gasteiger partial charge >= 0.3 is 0 Å². The van der Waals surface area contributed by atoms with Crippen LogP contribution in [0, 0.1) is 13.8 Å². The van der Waals surface area contributed by atoms with Crippen LogP contribution in [0.4, 0.5) is 0 Å². The quantitative estimate of drug-likeness (QED) is 0.360. The van der Waals surface area contributed by atoms with Crippen molar-refractivity contribution in [3.8, 4) is 11.3 Å². The van der Waals surface area contributed by atoms with Crippen LogP contribution in [0.2, 0.25) is 0 Å². The molecule has 2 aromatic carbocycles. The van der Waals surface area contributed by atoms with Crippen LogP contribution in [0.15, 0.2) is 62.9 Å². The molecule has 0 aliphatic heterocycles. The summed E-state index contributed by atoms with van der Waals surface area (Å²) in [5, 5.41) is 0. The minimum absolute atomic E-state index is 0.0691. The number of Topliss-reactive ketones (excluding diaryl/α,β-unsaturated/α-hetero) is 2. The summed E-state index contributed by atoms with van der Waals surface area (Å²) in [7, 11) is 0. The number of benzene rings is 2. The normalized spacial score (nSPS) is 13.4. The first-order chi connectivity index (χ1) is 13.5. The molecule has 5 rings (SSSR count). The zero-order valence-corrected chi connectivity index (χ0v) is 15.3. The smallest absolute Gasteiger partial charge is 0.266 e. The van der Waals surface area contributed by atoms with E-state index in [-0.39, 0.29) is 23.0 Å². The first-order valence-corrected chi connectivity index (χ1v) is 8.90. The largest absolute Gasteiger partial charge is 0.435 e. The lowest BCUT2D eigenvalue weighted by Gasteiger charge is -2.03. The Morgan fingerprint density at radius 1 is 0.857 bits per heavy atom. The molecule has 0 saturated heterocycles. The lowest BCUT2D eigenvalue weighted by molar-refractivity contribution is 0.0990. The summed E-state index contributed by atoms with van der Waals surface area (Å²) in [6.07, 6.45) is 1.40. The third kappa shape index (κ3) is 2.36. The van der Waals surface area contributed by atoms with Gasteiger partial charge in [-0.25, -0.2) is 0 Å². The molecule has 0 N–H and O–H groups in total. The van der Waals surface area contributed by atoms with Gasteiger partial charge in [0.15, 0.2) is 17.1 Å². The zero-order chi connectivity index (χ0) is 19.4. The second-order valence-corrected chi connectivity index (χ2v) is 6.86. The number of nitrogens with zero attached hydrogens (tertiary/aromatic N) is 1. The number of carbonyl (C=O) groups is 2. The van der Waals surface area contributed by atoms with Crippen LogP contribution < -0.4 is 0 Å². The molecule has 0 unspecified atom stereocenters. The maximum absolute atomic E-state index is 12.8. The van der Waals surface area contributed by atoms with Crippen molar-refractivity contribution in [1.29, 1.82) is 0 Å². The molecule has 5 heteroatoms. The topological polar surface area (TPSA) is 73.3 Å². The van der Waals surface area contributed by atoms with Gasteiger partial charge in [-0.3, -0.25) is 9.59 Å². The van der Waals surface area contributed by atoms with Crippen molar-refractivity contribution < 1.29 is 18.4 Å². The van der Waals surface area contributed by atoms with E-state index in [0.717, 1.165) is 16.7 Å². The molecule has 2 heterocycles. The Kier molecular flexibility index (Phi) is 3.46. The fraction of sp³-hybridized carbons (Fsp3) is 0.0870. The van der Waals surface area contributed by atoms with E-state index < -0.39 is 0 Å². The van der Waals surface area contributed by atoms with Gasteiger partial charge in [-0.2, -0.15) is 4.98 Å². The van der Waals surface area contributed by atoms with Crippen molar-refractivity contribution >= 4 is 28.9 Å². The van der Waals surface area contributed by atoms with Crippen molar-refractivity contribution in [2.75, 3.05) is 0 Å². The van der Waals surface area contributed by atoms with Crippen molar-refractivity contribution in [3.63, 3.8) is 0 Å². The van der Waals surface area contributed by atoms with Gasteiger partial charge < -0.3 is 8.83 Å². The van der Waals surface area contributed by atoms with Crippen molar-refractivity contribution in [1.82, 2.24) is 4.98 Å². The summed E-state index contributed by atoms with van der Waals surface area (Å²) < 4.78 is 11.5. The Bertz CT molecular complexity index is 1230. The average Bonchev–Trinajstić information content (AvgIpc) is 3.32. The third-order valence-corrected chi connectivity index (χ3v) is 5.00. The summed E-state index contributed by atoms with van der Waals surface area (Å²) in [5.74, 6) is 0.239. The number of hydrogen-bond donors (Lipinski definition) is 0. The Morgan fingerprint density at radius 2 is 1.50 bits per heavy atom. The van der Waals surface area contributed by atoms with Gasteiger partial charge in [-0.1, -0.05) is 42.5 Å². The predicted molar refractivity (Wildman–Crippen MR) is 104 cm³/mol. The molecule has 0 radical (unpaired) electrons. The van der Waals surface area contributed by atoms with Gasteiger partial charge in [0.25, 0.3) is 5.71 Å². The summed E-state index contributed by atoms with van der Waals surface area (Å²) in [6.45, 7) is 3.66. The fourth-order valence-corrected chi connectivity index (χ4v) is 3.58. The highest BCUT2D eigenvalue weighted by atomic mass is 16.4. The van der Waals surface area contributed by atoms with Gasteiger partial charge in [0.2, 0.25) is 5.89 Å². The Hall–Kier alpha value is -3.73. The minimum atomic E-state index is -0.291. The average molecular weight is 369 g/mol. The third-order valence-electron chi connectivity index (χ3n) is 5.00. The zero-order valence-electron chi connectivity index (χ0n) is 15.3. The second-order valence-electron chi connectivity index (χ2n) is 6.86. The molecule has 0 spiro atoms. The van der Waals surface area contributed by atoms with Gasteiger partial charge in [0.05, 0.1) is 5.57 Å². The number of allylic oxidation sites excluding steroid dienone is 1. The van der Waals surface area contributed by atoms with E-state index in [9.17, 15) is 9.59 Å². The number of carbonyl (C=O) groups excluding carboxylic acids is 2. The maximum atomic E-state index is 12.8. The van der Waals surface area contributed by atoms with Crippen LogP contribution in [-0.4, -0.2) is 16.6 Å². The van der Waals surface area contributed by atoms with E-state index in [0.29, 0.717) is 28.2 Å². The number of aryl methyl sites for hydroxylation is 2. The van der Waals surface area contributed by atoms with Gasteiger partial charge in [-0.15, -0.1) is 0 Å². The Labute approximate surface area is 160 Å². The lowest BCUT2D eigenvalue weighted by Crippen LogP contribution is -2.01. The van der Waals surface area contributed by atoms with Crippen LogP contribution in [0.5, 0.6) is 0 Å². The van der Waals surface area contributed by atoms with Gasteiger partial charge in [0, 0.05) is 28.8 Å². The van der Waals surface area contributed by atoms with Crippen LogP contribution in [0.1, 0.15) is 37.7 Å². The molecule has 1 aliphatic carbocycles. The molecule has 5 nitrogen and oxygen atoms in total. The fourth-order valence-electron chi connectivity index (χ4n) is 3.58. The summed E-state index contributed by atoms with van der Waals surface area (Å²) >= 11 is 0. The van der Waals surface area contributed by atoms with Crippen LogP contribution in [0.25, 0.3) is 28.7 Å². The molecule has 2 aromatic heterocycles. The van der Waals surface area contributed by atoms with Gasteiger partial charge in [-0.05, 0) is 25.0 Å². The monoisotopic (exact) mass is 369 g/mol. The van der Waals surface area contributed by atoms with Gasteiger partial charge in [0.1, 0.15) is 5.76 Å². The molecule has 0 saturated carbocycles. The molecule has 0 bridgehead atoms. The highest BCUT2D eigenvalue weighted by Crippen LogP contribution is 2.33. The second kappa shape index (κ2) is 5.89. The highest BCUT2D eigenvalue weighted by Gasteiger charge is 2.36. The molecule has 0 atom stereocenters. The van der Waals surface area contributed by atoms with Crippen LogP contribution in [-0.2, 0) is 0 Å². The molecule has 0 fully saturated rings. The number of furan rings is 1. The molecular formula is C23H15NO4. The van der Waals surface area contributed by atoms with Crippen molar-refractivity contribution in [3.05, 3.63) is 82.2 Å². The number of oxazole rings is 1. The van der Waals surface area contributed by atoms with Crippen molar-refractivity contribution in [2.24, 2.45) is 0 Å². The van der Waals surface area contributed by atoms with E-state index in [4.69, 9.17) is 8.83 Å². The molecule has 1 aliphatic rings. The number of ketones is 2. The first kappa shape index (κ1) is 16.4. The van der Waals surface area contributed by atoms with Crippen LogP contribution in [0.3, 0.4) is 0 Å². The minimum Gasteiger partial charge on any atom is -0.435 e. The lowest BCUT2D eigenvalue weighted by atomic mass is 9.99. The molecule has 136 valence electrons. The standard InChI is InChI=1S/C23H15NO4/c1-12-8-9-13(2)20-19(12)21(25)15(22(20)26)10-18-24-23-17(27-18)11-16(28-23)14-6-4-3-5-7-14/h3-11H,1-2H3. The summed E-state index contributed by atoms with van der Waals surface area (Å²) in [6, 6.07) is 15.1. The number of aromatic nitrogens is 1. The number of hydrogen-bond acceptors (Lipinski definition) is 5. The molecule has 4 aromatic rings. The van der Waals surface area contributed by atoms with E-state index in [1.165, 1.54) is 6.08 Å². The maximum Gasteiger partial charge on any atom is 0.266 e. The van der Waals surface area contributed by atoms with E-state index >= 15 is 0 Å². The van der Waals surface area contributed by atoms with E-state index in [2.05, 4.69) is 4.98 Å². The summed E-state index contributed by atoms with van der Waals surface area (Å²) in [4.78, 5) is 29.9. The highest BCUT2D eigenvalue weighted by molar-refractivity contribution is 6.42. The first-order valence-electron chi connectivity index (χ1n) is 8.90. The van der Waals surface area contributed by atoms with Crippen LogP contribution >= 0.6 is 0 Å². The Balaban J connectivity index is 1.55. The molecular weight excluding hydrogens is 354 g/mol. The molecule has 28 heavy (non-hydrogen) atoms. The predicted octanol–water partition coefficient (Wildman–Crippen LogP) is 5.17. The number of rotatable bonds is 2. The Morgan fingerprint density at radius 3 is 2.11 bits per heavy atom. The van der Waals surface area contributed by atoms with E-state index in [1.54, 1.807) is 6.07 Å². The van der Waals surface area contributed by atoms with Crippen molar-refractivity contribution in [2.45, 2.75) is 13.8 Å². The molecule has 0 amide bonds. The van der Waals surface area contributed by atoms with E-state index in [1.807, 2.05) is 56.3 Å².